The second kappa shape index (κ2) is 5.48. The Morgan fingerprint density at radius 3 is 3.12 bits per heavy atom. The summed E-state index contributed by atoms with van der Waals surface area (Å²) >= 11 is 0. The normalized spacial score (nSPS) is 21.6. The third-order valence-electron chi connectivity index (χ3n) is 3.51. The van der Waals surface area contributed by atoms with Gasteiger partial charge in [0.25, 0.3) is 0 Å². The number of aromatic nitrogens is 2. The van der Waals surface area contributed by atoms with Crippen LogP contribution in [0.15, 0.2) is 12.5 Å². The van der Waals surface area contributed by atoms with E-state index in [2.05, 4.69) is 28.7 Å². The summed E-state index contributed by atoms with van der Waals surface area (Å²) in [6, 6.07) is 0. The lowest BCUT2D eigenvalue weighted by molar-refractivity contribution is 0.339. The van der Waals surface area contributed by atoms with Crippen LogP contribution in [0.2, 0.25) is 0 Å². The van der Waals surface area contributed by atoms with Gasteiger partial charge in [-0.15, -0.1) is 0 Å². The monoisotopic (exact) mass is 221 g/mol. The number of hydrogen-bond acceptors (Lipinski definition) is 2. The molecule has 3 nitrogen and oxygen atoms in total. The van der Waals surface area contributed by atoms with Crippen molar-refractivity contribution in [3.63, 3.8) is 0 Å². The van der Waals surface area contributed by atoms with E-state index in [1.54, 1.807) is 0 Å². The summed E-state index contributed by atoms with van der Waals surface area (Å²) in [5, 5.41) is 3.48. The third kappa shape index (κ3) is 2.85. The van der Waals surface area contributed by atoms with Crippen molar-refractivity contribution in [3.8, 4) is 0 Å². The van der Waals surface area contributed by atoms with Crippen molar-refractivity contribution in [1.29, 1.82) is 0 Å². The van der Waals surface area contributed by atoms with Crippen molar-refractivity contribution in [2.24, 2.45) is 5.92 Å². The minimum Gasteiger partial charge on any atom is -0.334 e. The maximum absolute atomic E-state index is 4.25. The Kier molecular flexibility index (Phi) is 3.99. The minimum atomic E-state index is 0.576. The summed E-state index contributed by atoms with van der Waals surface area (Å²) < 4.78 is 2.32. The minimum absolute atomic E-state index is 0.576. The zero-order valence-corrected chi connectivity index (χ0v) is 10.4. The lowest BCUT2D eigenvalue weighted by atomic mass is 9.96. The zero-order chi connectivity index (χ0) is 11.4. The van der Waals surface area contributed by atoms with Crippen LogP contribution in [0.5, 0.6) is 0 Å². The first-order valence-corrected chi connectivity index (χ1v) is 6.48. The first kappa shape index (κ1) is 11.6. The van der Waals surface area contributed by atoms with Gasteiger partial charge in [-0.05, 0) is 44.2 Å². The van der Waals surface area contributed by atoms with Gasteiger partial charge in [0.05, 0.1) is 6.33 Å². The average Bonchev–Trinajstić information content (AvgIpc) is 2.76. The van der Waals surface area contributed by atoms with Crippen LogP contribution >= 0.6 is 0 Å². The number of nitrogens with one attached hydrogen (secondary N) is 1. The van der Waals surface area contributed by atoms with Gasteiger partial charge in [0.1, 0.15) is 0 Å². The summed E-state index contributed by atoms with van der Waals surface area (Å²) in [7, 11) is 0. The smallest absolute Gasteiger partial charge is 0.0948 e. The summed E-state index contributed by atoms with van der Waals surface area (Å²) in [4.78, 5) is 4.25. The molecule has 1 atom stereocenters. The molecule has 1 aromatic rings. The molecule has 1 aromatic heterocycles. The number of aryl methyl sites for hydroxylation is 1. The Morgan fingerprint density at radius 1 is 1.56 bits per heavy atom. The van der Waals surface area contributed by atoms with Crippen molar-refractivity contribution in [2.75, 3.05) is 13.1 Å². The molecule has 0 amide bonds. The van der Waals surface area contributed by atoms with Gasteiger partial charge in [-0.25, -0.2) is 4.98 Å². The van der Waals surface area contributed by atoms with Crippen LogP contribution in [0.25, 0.3) is 0 Å². The summed E-state index contributed by atoms with van der Waals surface area (Å²) in [6.07, 6.45) is 7.99. The van der Waals surface area contributed by atoms with Crippen molar-refractivity contribution >= 4 is 0 Å². The van der Waals surface area contributed by atoms with E-state index in [-0.39, 0.29) is 0 Å². The lowest BCUT2D eigenvalue weighted by Gasteiger charge is -2.23. The van der Waals surface area contributed by atoms with Gasteiger partial charge in [-0.3, -0.25) is 0 Å². The van der Waals surface area contributed by atoms with Crippen LogP contribution in [-0.4, -0.2) is 22.6 Å². The van der Waals surface area contributed by atoms with E-state index in [1.807, 2.05) is 12.5 Å². The van der Waals surface area contributed by atoms with E-state index in [0.29, 0.717) is 5.92 Å². The SMILES string of the molecule is CC(C)c1cncn1CCC1CCCNC1. The molecule has 0 spiro atoms. The fourth-order valence-electron chi connectivity index (χ4n) is 2.49. The van der Waals surface area contributed by atoms with Gasteiger partial charge in [0.15, 0.2) is 0 Å². The maximum Gasteiger partial charge on any atom is 0.0948 e. The molecule has 0 aliphatic carbocycles. The van der Waals surface area contributed by atoms with Crippen LogP contribution in [0.4, 0.5) is 0 Å². The van der Waals surface area contributed by atoms with E-state index >= 15 is 0 Å². The van der Waals surface area contributed by atoms with Crippen LogP contribution in [0.3, 0.4) is 0 Å². The van der Waals surface area contributed by atoms with Gasteiger partial charge in [-0.2, -0.15) is 0 Å². The highest BCUT2D eigenvalue weighted by atomic mass is 15.0. The van der Waals surface area contributed by atoms with Crippen molar-refractivity contribution in [2.45, 2.75) is 45.6 Å². The summed E-state index contributed by atoms with van der Waals surface area (Å²) in [5.41, 5.74) is 1.36. The van der Waals surface area contributed by atoms with Crippen molar-refractivity contribution in [3.05, 3.63) is 18.2 Å². The number of nitrogens with zero attached hydrogens (tertiary/aromatic N) is 2. The van der Waals surface area contributed by atoms with Gasteiger partial charge in [0, 0.05) is 18.4 Å². The maximum atomic E-state index is 4.25. The Labute approximate surface area is 98.3 Å². The summed E-state index contributed by atoms with van der Waals surface area (Å²) in [5.74, 6) is 1.43. The van der Waals surface area contributed by atoms with Gasteiger partial charge in [0.2, 0.25) is 0 Å². The Bertz CT molecular complexity index is 311. The number of hydrogen-bond donors (Lipinski definition) is 1. The molecule has 0 bridgehead atoms. The molecule has 16 heavy (non-hydrogen) atoms. The molecule has 1 saturated heterocycles. The van der Waals surface area contributed by atoms with Gasteiger partial charge >= 0.3 is 0 Å². The first-order chi connectivity index (χ1) is 7.77. The quantitative estimate of drug-likeness (QED) is 0.846. The van der Waals surface area contributed by atoms with Gasteiger partial charge in [-0.1, -0.05) is 13.8 Å². The fraction of sp³-hybridized carbons (Fsp3) is 0.769. The molecule has 2 rings (SSSR count). The molecule has 2 heterocycles. The van der Waals surface area contributed by atoms with Crippen LogP contribution < -0.4 is 5.32 Å². The Morgan fingerprint density at radius 2 is 2.44 bits per heavy atom. The molecule has 1 aliphatic heterocycles. The molecule has 1 fully saturated rings. The van der Waals surface area contributed by atoms with E-state index in [9.17, 15) is 0 Å². The van der Waals surface area contributed by atoms with Crippen molar-refractivity contribution < 1.29 is 0 Å². The second-order valence-corrected chi connectivity index (χ2v) is 5.17. The first-order valence-electron chi connectivity index (χ1n) is 6.48. The number of rotatable bonds is 4. The van der Waals surface area contributed by atoms with E-state index in [4.69, 9.17) is 0 Å². The van der Waals surface area contributed by atoms with E-state index in [0.717, 1.165) is 12.5 Å². The molecule has 3 heteroatoms. The Balaban J connectivity index is 1.86. The zero-order valence-electron chi connectivity index (χ0n) is 10.4. The average molecular weight is 221 g/mol. The van der Waals surface area contributed by atoms with Crippen LogP contribution in [-0.2, 0) is 6.54 Å². The largest absolute Gasteiger partial charge is 0.334 e. The molecule has 1 N–H and O–H groups in total. The third-order valence-corrected chi connectivity index (χ3v) is 3.51. The van der Waals surface area contributed by atoms with Crippen molar-refractivity contribution in [1.82, 2.24) is 14.9 Å². The van der Waals surface area contributed by atoms with Crippen LogP contribution in [0, 0.1) is 5.92 Å². The highest BCUT2D eigenvalue weighted by molar-refractivity contribution is 5.03. The predicted molar refractivity (Wildman–Crippen MR) is 66.5 cm³/mol. The molecular weight excluding hydrogens is 198 g/mol. The highest BCUT2D eigenvalue weighted by Gasteiger charge is 2.13. The molecule has 0 saturated carbocycles. The Hall–Kier alpha value is -0.830. The number of imidazole rings is 1. The molecule has 1 unspecified atom stereocenters. The standard InChI is InChI=1S/C13H23N3/c1-11(2)13-9-15-10-16(13)7-5-12-4-3-6-14-8-12/h9-12,14H,3-8H2,1-2H3. The molecular formula is C13H23N3. The molecule has 0 radical (unpaired) electrons. The summed E-state index contributed by atoms with van der Waals surface area (Å²) in [6.45, 7) is 8.00. The number of piperidine rings is 1. The predicted octanol–water partition coefficient (Wildman–Crippen LogP) is 2.40. The molecule has 0 aromatic carbocycles. The van der Waals surface area contributed by atoms with E-state index < -0.39 is 0 Å². The van der Waals surface area contributed by atoms with Crippen LogP contribution in [0.1, 0.15) is 44.7 Å². The van der Waals surface area contributed by atoms with E-state index in [1.165, 1.54) is 38.0 Å². The lowest BCUT2D eigenvalue weighted by Crippen LogP contribution is -2.30. The molecule has 1 aliphatic rings. The second-order valence-electron chi connectivity index (χ2n) is 5.17. The fourth-order valence-corrected chi connectivity index (χ4v) is 2.49. The topological polar surface area (TPSA) is 29.9 Å². The highest BCUT2D eigenvalue weighted by Crippen LogP contribution is 2.18. The molecule has 90 valence electrons. The van der Waals surface area contributed by atoms with Gasteiger partial charge < -0.3 is 9.88 Å².